The number of nitrogens with zero attached hydrogens (tertiary/aromatic N) is 2. The van der Waals surface area contributed by atoms with Crippen LogP contribution in [0.3, 0.4) is 0 Å². The summed E-state index contributed by atoms with van der Waals surface area (Å²) in [5.41, 5.74) is 0. The van der Waals surface area contributed by atoms with Gasteiger partial charge in [0.25, 0.3) is 0 Å². The molecular formula is C20H28N2O7S. The first-order valence-electron chi connectivity index (χ1n) is 10.4. The first kappa shape index (κ1) is 21.4. The van der Waals surface area contributed by atoms with Gasteiger partial charge in [0.1, 0.15) is 13.2 Å². The van der Waals surface area contributed by atoms with Crippen LogP contribution in [0.25, 0.3) is 0 Å². The number of sulfonamides is 1. The standard InChI is InChI=1S/C20H28N2O7S/c23-20(5-11-26-15-16-2-1-10-27-16)21-6-8-22(9-7-21)30(24,25)17-3-4-18-19(14-17)29-13-12-28-18/h3-4,14,16H,1-2,5-13,15H2. The van der Waals surface area contributed by atoms with E-state index in [2.05, 4.69) is 0 Å². The maximum atomic E-state index is 13.0. The summed E-state index contributed by atoms with van der Waals surface area (Å²) >= 11 is 0. The molecule has 3 aliphatic rings. The average Bonchev–Trinajstić information content (AvgIpc) is 3.30. The molecule has 0 N–H and O–H groups in total. The van der Waals surface area contributed by atoms with Crippen LogP contribution in [0, 0.1) is 0 Å². The van der Waals surface area contributed by atoms with Crippen molar-refractivity contribution in [1.29, 1.82) is 0 Å². The van der Waals surface area contributed by atoms with Crippen LogP contribution >= 0.6 is 0 Å². The molecule has 1 aromatic rings. The van der Waals surface area contributed by atoms with E-state index in [-0.39, 0.29) is 30.0 Å². The highest BCUT2D eigenvalue weighted by molar-refractivity contribution is 7.89. The number of rotatable bonds is 7. The molecule has 0 aromatic heterocycles. The largest absolute Gasteiger partial charge is 0.486 e. The summed E-state index contributed by atoms with van der Waals surface area (Å²) in [6.45, 7) is 3.78. The summed E-state index contributed by atoms with van der Waals surface area (Å²) < 4.78 is 49.4. The average molecular weight is 441 g/mol. The number of hydrogen-bond acceptors (Lipinski definition) is 7. The predicted molar refractivity (Wildman–Crippen MR) is 107 cm³/mol. The molecule has 0 spiro atoms. The molecule has 0 radical (unpaired) electrons. The highest BCUT2D eigenvalue weighted by Gasteiger charge is 2.31. The van der Waals surface area contributed by atoms with Gasteiger partial charge in [-0.25, -0.2) is 8.42 Å². The van der Waals surface area contributed by atoms with Gasteiger partial charge in [0, 0.05) is 38.9 Å². The van der Waals surface area contributed by atoms with E-state index in [1.165, 1.54) is 16.4 Å². The maximum absolute atomic E-state index is 13.0. The zero-order valence-electron chi connectivity index (χ0n) is 17.0. The molecule has 30 heavy (non-hydrogen) atoms. The quantitative estimate of drug-likeness (QED) is 0.581. The van der Waals surface area contributed by atoms with E-state index in [0.29, 0.717) is 57.4 Å². The van der Waals surface area contributed by atoms with Gasteiger partial charge in [-0.05, 0) is 25.0 Å². The third-order valence-corrected chi connectivity index (χ3v) is 7.43. The van der Waals surface area contributed by atoms with Gasteiger partial charge in [0.05, 0.1) is 30.6 Å². The second-order valence-corrected chi connectivity index (χ2v) is 9.49. The smallest absolute Gasteiger partial charge is 0.243 e. The Morgan fingerprint density at radius 1 is 1.07 bits per heavy atom. The van der Waals surface area contributed by atoms with Crippen LogP contribution in [0.4, 0.5) is 0 Å². The van der Waals surface area contributed by atoms with Crippen molar-refractivity contribution in [2.45, 2.75) is 30.3 Å². The van der Waals surface area contributed by atoms with Crippen LogP contribution in [0.1, 0.15) is 19.3 Å². The summed E-state index contributed by atoms with van der Waals surface area (Å²) in [5, 5.41) is 0. The Bertz CT molecular complexity index is 847. The summed E-state index contributed by atoms with van der Waals surface area (Å²) in [6, 6.07) is 4.66. The predicted octanol–water partition coefficient (Wildman–Crippen LogP) is 0.876. The van der Waals surface area contributed by atoms with E-state index in [9.17, 15) is 13.2 Å². The van der Waals surface area contributed by atoms with Crippen molar-refractivity contribution in [3.05, 3.63) is 18.2 Å². The van der Waals surface area contributed by atoms with Gasteiger partial charge < -0.3 is 23.8 Å². The Labute approximate surface area is 176 Å². The summed E-state index contributed by atoms with van der Waals surface area (Å²) in [5.74, 6) is 0.982. The van der Waals surface area contributed by atoms with Crippen molar-refractivity contribution in [1.82, 2.24) is 9.21 Å². The molecule has 166 valence electrons. The Morgan fingerprint density at radius 2 is 1.83 bits per heavy atom. The molecule has 3 heterocycles. The number of fused-ring (bicyclic) bond motifs is 1. The zero-order valence-corrected chi connectivity index (χ0v) is 17.8. The summed E-state index contributed by atoms with van der Waals surface area (Å²) in [4.78, 5) is 14.3. The lowest BCUT2D eigenvalue weighted by Gasteiger charge is -2.34. The Morgan fingerprint density at radius 3 is 2.57 bits per heavy atom. The topological polar surface area (TPSA) is 94.6 Å². The molecule has 0 aliphatic carbocycles. The first-order valence-corrected chi connectivity index (χ1v) is 11.8. The zero-order chi connectivity index (χ0) is 21.0. The molecule has 1 aromatic carbocycles. The highest BCUT2D eigenvalue weighted by atomic mass is 32.2. The Hall–Kier alpha value is -1.88. The molecule has 4 rings (SSSR count). The second-order valence-electron chi connectivity index (χ2n) is 7.55. The SMILES string of the molecule is O=C(CCOCC1CCCO1)N1CCN(S(=O)(=O)c2ccc3c(c2)OCCO3)CC1. The molecule has 0 saturated carbocycles. The number of piperazine rings is 1. The minimum absolute atomic E-state index is 0.0151. The molecule has 1 unspecified atom stereocenters. The van der Waals surface area contributed by atoms with E-state index in [1.54, 1.807) is 11.0 Å². The third kappa shape index (κ3) is 4.88. The molecule has 9 nitrogen and oxygen atoms in total. The lowest BCUT2D eigenvalue weighted by Crippen LogP contribution is -2.50. The molecule has 1 amide bonds. The van der Waals surface area contributed by atoms with Crippen molar-refractivity contribution >= 4 is 15.9 Å². The molecule has 3 aliphatic heterocycles. The van der Waals surface area contributed by atoms with Crippen molar-refractivity contribution in [2.75, 3.05) is 59.2 Å². The van der Waals surface area contributed by atoms with Crippen LogP contribution in [0.5, 0.6) is 11.5 Å². The van der Waals surface area contributed by atoms with E-state index < -0.39 is 10.0 Å². The van der Waals surface area contributed by atoms with Crippen LogP contribution in [-0.4, -0.2) is 88.8 Å². The minimum atomic E-state index is -3.65. The molecular weight excluding hydrogens is 412 g/mol. The van der Waals surface area contributed by atoms with E-state index in [1.807, 2.05) is 0 Å². The highest BCUT2D eigenvalue weighted by Crippen LogP contribution is 2.33. The van der Waals surface area contributed by atoms with E-state index >= 15 is 0 Å². The Balaban J connectivity index is 1.25. The minimum Gasteiger partial charge on any atom is -0.486 e. The van der Waals surface area contributed by atoms with Gasteiger partial charge in [0.2, 0.25) is 15.9 Å². The van der Waals surface area contributed by atoms with E-state index in [4.69, 9.17) is 18.9 Å². The van der Waals surface area contributed by atoms with Crippen molar-refractivity contribution < 1.29 is 32.2 Å². The summed E-state index contributed by atoms with van der Waals surface area (Å²) in [6.07, 6.45) is 2.51. The third-order valence-electron chi connectivity index (χ3n) is 5.53. The number of benzene rings is 1. The number of amides is 1. The van der Waals surface area contributed by atoms with Gasteiger partial charge in [-0.15, -0.1) is 0 Å². The fourth-order valence-electron chi connectivity index (χ4n) is 3.82. The number of hydrogen-bond donors (Lipinski definition) is 0. The monoisotopic (exact) mass is 440 g/mol. The normalized spacial score (nSPS) is 22.3. The lowest BCUT2D eigenvalue weighted by atomic mass is 10.2. The fourth-order valence-corrected chi connectivity index (χ4v) is 5.26. The van der Waals surface area contributed by atoms with Crippen LogP contribution in [-0.2, 0) is 24.3 Å². The molecule has 2 saturated heterocycles. The summed E-state index contributed by atoms with van der Waals surface area (Å²) in [7, 11) is -3.65. The number of carbonyl (C=O) groups excluding carboxylic acids is 1. The Kier molecular flexibility index (Phi) is 6.77. The van der Waals surface area contributed by atoms with Gasteiger partial charge >= 0.3 is 0 Å². The molecule has 10 heteroatoms. The molecule has 0 bridgehead atoms. The first-order chi connectivity index (χ1) is 14.5. The van der Waals surface area contributed by atoms with Gasteiger partial charge in [-0.3, -0.25) is 4.79 Å². The van der Waals surface area contributed by atoms with Crippen molar-refractivity contribution in [3.8, 4) is 11.5 Å². The number of ether oxygens (including phenoxy) is 4. The molecule has 2 fully saturated rings. The van der Waals surface area contributed by atoms with Gasteiger partial charge in [0.15, 0.2) is 11.5 Å². The van der Waals surface area contributed by atoms with Crippen molar-refractivity contribution in [2.24, 2.45) is 0 Å². The maximum Gasteiger partial charge on any atom is 0.243 e. The van der Waals surface area contributed by atoms with E-state index in [0.717, 1.165) is 19.4 Å². The fraction of sp³-hybridized carbons (Fsp3) is 0.650. The van der Waals surface area contributed by atoms with Gasteiger partial charge in [-0.2, -0.15) is 4.31 Å². The molecule has 1 atom stereocenters. The lowest BCUT2D eigenvalue weighted by molar-refractivity contribution is -0.133. The number of carbonyl (C=O) groups is 1. The van der Waals surface area contributed by atoms with Crippen LogP contribution in [0.15, 0.2) is 23.1 Å². The van der Waals surface area contributed by atoms with Crippen LogP contribution in [0.2, 0.25) is 0 Å². The second kappa shape index (κ2) is 9.51. The van der Waals surface area contributed by atoms with Crippen LogP contribution < -0.4 is 9.47 Å². The van der Waals surface area contributed by atoms with Crippen molar-refractivity contribution in [3.63, 3.8) is 0 Å². The van der Waals surface area contributed by atoms with Gasteiger partial charge in [-0.1, -0.05) is 0 Å².